The minimum atomic E-state index is -1.97. The molecule has 134 heavy (non-hydrogen) atoms. The van der Waals surface area contributed by atoms with Crippen molar-refractivity contribution in [2.45, 2.75) is 220 Å². The molecule has 3 fully saturated rings. The van der Waals surface area contributed by atoms with E-state index in [9.17, 15) is 53.7 Å². The maximum absolute atomic E-state index is 15.5. The highest BCUT2D eigenvalue weighted by Crippen LogP contribution is 2.50. The molecule has 3 saturated heterocycles. The molecule has 724 valence electrons. The largest absolute Gasteiger partial charge is 0.508 e. The Morgan fingerprint density at radius 1 is 0.806 bits per heavy atom. The minimum Gasteiger partial charge on any atom is -0.508 e. The minimum absolute atomic E-state index is 0.0256. The van der Waals surface area contributed by atoms with Gasteiger partial charge in [-0.25, -0.2) is 14.4 Å². The molecule has 0 radical (unpaired) electrons. The number of alkyl carbamates (subject to hydrolysis) is 1. The SMILES string of the molecule is COc1cc2cc(c1Cl)N(C)C(=O)C[C@H](OC(=O)[C@H](C)N(C)C(=O)CCSSC(C)(C)[C@H](NC(=O)[C@@H]1CSSC[C@H](NC(=O)[C@@H](Cc3ccccc3)NC(=O)NCc3ccccc3)C(=O)N[C@@H](Cc3ccc(O)cc3)C(=O)N[C@H](Cc3c[nH]c4ccccc34)C(=O)N[C@@H](CCCCN)C(=O)N[C@@H]([C@@H](C)O)C(=O)N1)C(N)=O)[C@]1(C)O[C@H]1[C@H](C)[C@@H]1C[C@@](O)(NC(=O)O1)[C@H](OC)/C=C/C=C(\C)C2. The number of epoxide rings is 1. The zero-order chi connectivity index (χ0) is 97.5. The van der Waals surface area contributed by atoms with Crippen LogP contribution in [0.3, 0.4) is 0 Å². The Bertz CT molecular complexity index is 5240. The molecule has 0 spiro atoms. The number of hydrogen-bond donors (Lipinski definition) is 16. The number of carbonyl (C=O) groups excluding carboxylic acids is 13. The van der Waals surface area contributed by atoms with Crippen LogP contribution in [0.4, 0.5) is 15.3 Å². The molecule has 1 aromatic heterocycles. The third-order valence-corrected chi connectivity index (χ3v) is 30.0. The number of nitrogens with two attached hydrogens (primary N) is 2. The number of benzene rings is 5. The van der Waals surface area contributed by atoms with Gasteiger partial charge in [0.15, 0.2) is 5.72 Å². The number of anilines is 1. The lowest BCUT2D eigenvalue weighted by Gasteiger charge is -2.42. The van der Waals surface area contributed by atoms with E-state index in [2.05, 4.69) is 58.2 Å². The number of likely N-dealkylation sites (N-methyl/N-ethyl adjacent to an activating group) is 1. The van der Waals surface area contributed by atoms with Crippen LogP contribution in [0.1, 0.15) is 115 Å². The van der Waals surface area contributed by atoms with Crippen molar-refractivity contribution < 1.29 is 101 Å². The van der Waals surface area contributed by atoms with Crippen LogP contribution in [0.5, 0.6) is 11.5 Å². The number of nitrogens with zero attached hydrogens (tertiary/aromatic N) is 2. The summed E-state index contributed by atoms with van der Waals surface area (Å²) in [5.41, 5.74) is 13.5. The number of esters is 1. The molecule has 4 aliphatic rings. The molecule has 4 bridgehead atoms. The van der Waals surface area contributed by atoms with Gasteiger partial charge in [-0.1, -0.05) is 176 Å². The van der Waals surface area contributed by atoms with Crippen molar-refractivity contribution >= 4 is 149 Å². The van der Waals surface area contributed by atoms with Gasteiger partial charge in [0, 0.05) is 105 Å². The van der Waals surface area contributed by atoms with Crippen molar-refractivity contribution in [1.29, 1.82) is 0 Å². The van der Waals surface area contributed by atoms with Crippen LogP contribution in [0.2, 0.25) is 5.02 Å². The van der Waals surface area contributed by atoms with Crippen molar-refractivity contribution in [2.75, 3.05) is 57.0 Å². The lowest BCUT2D eigenvalue weighted by Crippen LogP contribution is -2.63. The van der Waals surface area contributed by atoms with Crippen LogP contribution in [0.15, 0.2) is 151 Å². The predicted molar refractivity (Wildman–Crippen MR) is 511 cm³/mol. The summed E-state index contributed by atoms with van der Waals surface area (Å²) < 4.78 is 28.5. The number of amides is 13. The van der Waals surface area contributed by atoms with Crippen LogP contribution in [0.25, 0.3) is 10.9 Å². The van der Waals surface area contributed by atoms with E-state index in [1.165, 1.54) is 71.3 Å². The zero-order valence-electron chi connectivity index (χ0n) is 76.4. The Morgan fingerprint density at radius 2 is 1.46 bits per heavy atom. The second-order valence-electron chi connectivity index (χ2n) is 34.4. The number of aliphatic hydroxyl groups is 2. The molecule has 41 heteroatoms. The number of phenolic OH excluding ortho intramolecular Hbond substituents is 1. The number of ether oxygens (including phenoxy) is 5. The Balaban J connectivity index is 0.890. The third kappa shape index (κ3) is 28.5. The monoisotopic (exact) mass is 1950 g/mol. The average Bonchev–Trinajstić information content (AvgIpc) is 1.57. The molecule has 18 N–H and O–H groups in total. The summed E-state index contributed by atoms with van der Waals surface area (Å²) in [4.78, 5) is 196. The van der Waals surface area contributed by atoms with E-state index in [-0.39, 0.29) is 91.8 Å². The third-order valence-electron chi connectivity index (χ3n) is 23.9. The molecule has 4 aliphatic heterocycles. The van der Waals surface area contributed by atoms with E-state index < -0.39 is 196 Å². The second-order valence-corrected chi connectivity index (χ2v) is 40.4. The van der Waals surface area contributed by atoms with Crippen LogP contribution in [0, 0.1) is 5.92 Å². The van der Waals surface area contributed by atoms with Gasteiger partial charge >= 0.3 is 18.1 Å². The predicted octanol–water partition coefficient (Wildman–Crippen LogP) is 5.63. The lowest BCUT2D eigenvalue weighted by molar-refractivity contribution is -0.162. The number of halogens is 1. The van der Waals surface area contributed by atoms with Crippen molar-refractivity contribution in [3.05, 3.63) is 184 Å². The number of allylic oxidation sites excluding steroid dienone is 3. The van der Waals surface area contributed by atoms with Gasteiger partial charge in [-0.3, -0.25) is 53.3 Å². The molecule has 5 heterocycles. The van der Waals surface area contributed by atoms with Gasteiger partial charge in [-0.15, -0.1) is 0 Å². The van der Waals surface area contributed by atoms with Crippen molar-refractivity contribution in [2.24, 2.45) is 17.4 Å². The molecule has 5 aromatic carbocycles. The molecular weight excluding hydrogens is 1830 g/mol. The topological polar surface area (TPSA) is 527 Å². The number of aromatic amines is 1. The van der Waals surface area contributed by atoms with Gasteiger partial charge in [0.2, 0.25) is 59.1 Å². The number of carbonyl (C=O) groups is 13. The number of aliphatic hydroxyl groups excluding tert-OH is 1. The van der Waals surface area contributed by atoms with Gasteiger partial charge in [0.05, 0.1) is 31.4 Å². The van der Waals surface area contributed by atoms with Gasteiger partial charge in [-0.2, -0.15) is 0 Å². The van der Waals surface area contributed by atoms with Gasteiger partial charge in [-0.05, 0) is 132 Å². The molecule has 13 amide bonds. The number of nitrogens with one attached hydrogen (secondary N) is 11. The summed E-state index contributed by atoms with van der Waals surface area (Å²) >= 11 is 6.92. The molecule has 36 nitrogen and oxygen atoms in total. The molecule has 10 rings (SSSR count). The standard InChI is InChI=1S/C93H120ClN15O21S4/c1-51-23-22-31-72(127-11)93(125)46-71(128-90(124)107-93)52(2)79-92(7,130-79)73(45-75(113)109(9)69-42-58(39-51)43-70(126-10)76(69)94)129-88(122)53(3)108(8)74(112)36-38-131-134-91(5,6)78(80(96)114)106-86(120)68-50-133-132-49-67(102-83(117)65(40-55-24-14-12-15-25-55)104-89(123)98-47-57-26-16-13-17-27-57)85(119)100-64(41-56-32-34-60(111)35-33-56)82(116)101-66(44-59-48-97-62-29-19-18-28-61(59)62)84(118)99-63(30-20-21-37-95)81(115)105-77(54(4)110)87(121)103-68/h12-19,22-29,31-35,42-43,48,52-54,63-68,71-73,77-79,97,110-111,125H,20-21,30,36-41,44-47,49-50,95H2,1-11H3,(H2,96,114)(H,99,118)(H,100,119)(H,101,116)(H,102,117)(H,103,121)(H,105,115)(H,106,120)(H,107,124)(H2,98,104,123)/b31-22+,51-23+/t52-,53+,54-,63+,64+,65-,66-,67+,68+,71+,72-,73+,77+,78-,79+,92+,93+/m1/s1. The number of para-hydroxylation sites is 1. The summed E-state index contributed by atoms with van der Waals surface area (Å²) in [7, 11) is 9.65. The highest BCUT2D eigenvalue weighted by Gasteiger charge is 2.65. The number of methoxy groups -OCH3 is 2. The summed E-state index contributed by atoms with van der Waals surface area (Å²) in [6.07, 6.45) is -0.758. The Morgan fingerprint density at radius 3 is 2.13 bits per heavy atom. The Kier molecular flexibility index (Phi) is 37.9. The van der Waals surface area contributed by atoms with Gasteiger partial charge in [0.1, 0.15) is 94.8 Å². The number of fused-ring (bicyclic) bond motifs is 6. The van der Waals surface area contributed by atoms with E-state index in [1.54, 1.807) is 137 Å². The highest BCUT2D eigenvalue weighted by atomic mass is 35.5. The fraction of sp³-hybridized carbons (Fsp3) is 0.473. The molecule has 6 aromatic rings. The number of unbranched alkanes of at least 4 members (excludes halogenated alkanes) is 1. The summed E-state index contributed by atoms with van der Waals surface area (Å²) in [5.74, 6) is -11.2. The van der Waals surface area contributed by atoms with E-state index in [1.807, 2.05) is 19.1 Å². The number of primary amides is 1. The van der Waals surface area contributed by atoms with E-state index >= 15 is 24.0 Å². The molecule has 0 unspecified atom stereocenters. The Labute approximate surface area is 798 Å². The van der Waals surface area contributed by atoms with Crippen LogP contribution in [-0.4, -0.2) is 255 Å². The average molecular weight is 1950 g/mol. The number of H-pyrrole nitrogens is 1. The first-order valence-corrected chi connectivity index (χ1v) is 49.1. The summed E-state index contributed by atoms with van der Waals surface area (Å²) in [6.45, 7) is 11.3. The first-order valence-electron chi connectivity index (χ1n) is 43.9. The van der Waals surface area contributed by atoms with E-state index in [4.69, 9.17) is 46.8 Å². The van der Waals surface area contributed by atoms with E-state index in [0.717, 1.165) is 59.2 Å². The normalized spacial score (nSPS) is 25.2. The second kappa shape index (κ2) is 48.4. The summed E-state index contributed by atoms with van der Waals surface area (Å²) in [6, 6.07) is 19.3. The number of phenols is 1. The van der Waals surface area contributed by atoms with Crippen LogP contribution < -0.4 is 74.3 Å². The Hall–Kier alpha value is -11.1. The number of urea groups is 1. The van der Waals surface area contributed by atoms with Crippen molar-refractivity contribution in [3.63, 3.8) is 0 Å². The smallest absolute Gasteiger partial charge is 0.409 e. The maximum Gasteiger partial charge on any atom is 0.409 e. The summed E-state index contributed by atoms with van der Waals surface area (Å²) in [5, 5.41) is 61.8. The quantitative estimate of drug-likeness (QED) is 0.0112. The highest BCUT2D eigenvalue weighted by molar-refractivity contribution is 8.77. The molecule has 0 saturated carbocycles. The fourth-order valence-electron chi connectivity index (χ4n) is 15.8. The number of hydrogen-bond acceptors (Lipinski definition) is 26. The van der Waals surface area contributed by atoms with E-state index in [0.29, 0.717) is 46.0 Å². The van der Waals surface area contributed by atoms with Crippen LogP contribution in [-0.2, 0) is 104 Å². The first-order chi connectivity index (χ1) is 63.7. The van der Waals surface area contributed by atoms with Crippen molar-refractivity contribution in [3.8, 4) is 11.5 Å². The lowest BCUT2D eigenvalue weighted by atomic mass is 9.83. The maximum atomic E-state index is 15.5. The van der Waals surface area contributed by atoms with Crippen molar-refractivity contribution in [1.82, 2.24) is 63.1 Å². The van der Waals surface area contributed by atoms with Gasteiger partial charge < -0.3 is 113 Å². The molecule has 0 aliphatic carbocycles. The van der Waals surface area contributed by atoms with Crippen LogP contribution >= 0.6 is 54.8 Å². The number of aromatic nitrogens is 1. The zero-order valence-corrected chi connectivity index (χ0v) is 80.4. The fourth-order valence-corrected chi connectivity index (χ4v) is 21.1. The number of rotatable bonds is 30. The number of aromatic hydroxyl groups is 1. The molecule has 17 atom stereocenters. The first kappa shape index (κ1) is 105. The van der Waals surface area contributed by atoms with Gasteiger partial charge in [0.25, 0.3) is 0 Å². The molecular formula is C93H120ClN15O21S4.